The van der Waals surface area contributed by atoms with Crippen LogP contribution in [0.5, 0.6) is 5.75 Å². The van der Waals surface area contributed by atoms with Crippen LogP contribution in [0.3, 0.4) is 0 Å². The molecule has 1 aromatic carbocycles. The van der Waals surface area contributed by atoms with Gasteiger partial charge in [0.2, 0.25) is 5.12 Å². The monoisotopic (exact) mass is 316 g/mol. The Balaban J connectivity index is 2.29. The number of rotatable bonds is 5. The Morgan fingerprint density at radius 3 is 2.32 bits per heavy atom. The quantitative estimate of drug-likeness (QED) is 0.588. The van der Waals surface area contributed by atoms with Crippen molar-refractivity contribution in [2.24, 2.45) is 0 Å². The van der Waals surface area contributed by atoms with Crippen LogP contribution in [0, 0.1) is 0 Å². The van der Waals surface area contributed by atoms with Crippen molar-refractivity contribution in [2.75, 3.05) is 0 Å². The number of carbonyl (C=O) groups excluding carboxylic acids is 2. The van der Waals surface area contributed by atoms with Crippen molar-refractivity contribution in [3.05, 3.63) is 52.5 Å². The van der Waals surface area contributed by atoms with Gasteiger partial charge in [0.1, 0.15) is 5.75 Å². The predicted molar refractivity (Wildman–Crippen MR) is 89.8 cm³/mol. The van der Waals surface area contributed by atoms with Crippen LogP contribution in [0.15, 0.2) is 46.9 Å². The molecule has 0 fully saturated rings. The van der Waals surface area contributed by atoms with Crippen molar-refractivity contribution in [1.82, 2.24) is 0 Å². The van der Waals surface area contributed by atoms with Crippen molar-refractivity contribution in [3.63, 3.8) is 0 Å². The smallest absolute Gasteiger partial charge is 0.308 e. The number of thioether (sulfide) groups is 1. The Kier molecular flexibility index (Phi) is 5.61. The van der Waals surface area contributed by atoms with Crippen molar-refractivity contribution in [2.45, 2.75) is 39.5 Å². The van der Waals surface area contributed by atoms with Gasteiger partial charge in [-0.3, -0.25) is 9.59 Å². The zero-order valence-corrected chi connectivity index (χ0v) is 13.9. The van der Waals surface area contributed by atoms with E-state index < -0.39 is 0 Å². The highest BCUT2D eigenvalue weighted by molar-refractivity contribution is 8.17. The summed E-state index contributed by atoms with van der Waals surface area (Å²) in [7, 11) is 0. The van der Waals surface area contributed by atoms with E-state index in [9.17, 15) is 9.59 Å². The third-order valence-corrected chi connectivity index (χ3v) is 4.61. The lowest BCUT2D eigenvalue weighted by molar-refractivity contribution is -0.131. The molecule has 0 bridgehead atoms. The third kappa shape index (κ3) is 3.89. The zero-order chi connectivity index (χ0) is 16.1. The van der Waals surface area contributed by atoms with Gasteiger partial charge < -0.3 is 4.74 Å². The fraction of sp³-hybridized carbons (Fsp3) is 0.333. The van der Waals surface area contributed by atoms with Crippen LogP contribution in [-0.2, 0) is 9.59 Å². The Labute approximate surface area is 135 Å². The maximum absolute atomic E-state index is 11.5. The van der Waals surface area contributed by atoms with Crippen LogP contribution in [0.2, 0.25) is 0 Å². The fourth-order valence-corrected chi connectivity index (χ4v) is 3.61. The molecule has 2 rings (SSSR count). The van der Waals surface area contributed by atoms with E-state index in [2.05, 4.69) is 13.8 Å². The molecule has 0 N–H and O–H groups in total. The first-order valence-corrected chi connectivity index (χ1v) is 8.28. The SMILES string of the molecule is CC/C(=C1\C=CC(=O)S1)[C@@H](CC)c1ccc(OC(C)=O)cc1. The average molecular weight is 316 g/mol. The van der Waals surface area contributed by atoms with E-state index in [1.807, 2.05) is 30.3 Å². The highest BCUT2D eigenvalue weighted by atomic mass is 32.2. The van der Waals surface area contributed by atoms with Gasteiger partial charge in [-0.05, 0) is 60.0 Å². The maximum atomic E-state index is 11.5. The van der Waals surface area contributed by atoms with E-state index in [1.54, 1.807) is 6.08 Å². The minimum absolute atomic E-state index is 0.0982. The molecule has 0 spiro atoms. The molecule has 0 saturated carbocycles. The van der Waals surface area contributed by atoms with E-state index in [1.165, 1.54) is 29.8 Å². The molecule has 0 amide bonds. The first-order chi connectivity index (χ1) is 10.5. The van der Waals surface area contributed by atoms with Gasteiger partial charge in [0.05, 0.1) is 0 Å². The number of benzene rings is 1. The molecule has 1 aliphatic heterocycles. The van der Waals surface area contributed by atoms with Crippen LogP contribution in [0.25, 0.3) is 0 Å². The van der Waals surface area contributed by atoms with Crippen LogP contribution >= 0.6 is 11.8 Å². The van der Waals surface area contributed by atoms with Crippen molar-refractivity contribution >= 4 is 22.8 Å². The summed E-state index contributed by atoms with van der Waals surface area (Å²) < 4.78 is 5.07. The van der Waals surface area contributed by atoms with E-state index in [-0.39, 0.29) is 17.0 Å². The molecule has 1 aliphatic rings. The largest absolute Gasteiger partial charge is 0.427 e. The summed E-state index contributed by atoms with van der Waals surface area (Å²) in [6, 6.07) is 7.63. The summed E-state index contributed by atoms with van der Waals surface area (Å²) in [5.41, 5.74) is 2.46. The lowest BCUT2D eigenvalue weighted by Crippen LogP contribution is -2.04. The van der Waals surface area contributed by atoms with E-state index in [0.29, 0.717) is 5.75 Å². The molecule has 1 heterocycles. The topological polar surface area (TPSA) is 43.4 Å². The molecule has 4 heteroatoms. The second-order valence-electron chi connectivity index (χ2n) is 5.12. The van der Waals surface area contributed by atoms with Gasteiger partial charge in [-0.1, -0.05) is 26.0 Å². The Hall–Kier alpha value is -1.81. The van der Waals surface area contributed by atoms with Gasteiger partial charge in [0, 0.05) is 17.7 Å². The summed E-state index contributed by atoms with van der Waals surface area (Å²) in [5, 5.41) is 0.0982. The Morgan fingerprint density at radius 1 is 1.18 bits per heavy atom. The lowest BCUT2D eigenvalue weighted by atomic mass is 9.87. The average Bonchev–Trinajstić information content (AvgIpc) is 2.91. The molecule has 0 unspecified atom stereocenters. The predicted octanol–water partition coefficient (Wildman–Crippen LogP) is 4.60. The number of ether oxygens (including phenoxy) is 1. The summed E-state index contributed by atoms with van der Waals surface area (Å²) in [6.45, 7) is 5.66. The summed E-state index contributed by atoms with van der Waals surface area (Å²) >= 11 is 1.31. The van der Waals surface area contributed by atoms with E-state index in [0.717, 1.165) is 17.7 Å². The van der Waals surface area contributed by atoms with Gasteiger partial charge in [-0.15, -0.1) is 0 Å². The molecule has 1 atom stereocenters. The molecular formula is C18H20O3S. The zero-order valence-electron chi connectivity index (χ0n) is 13.1. The van der Waals surface area contributed by atoms with Gasteiger partial charge in [-0.2, -0.15) is 0 Å². The van der Waals surface area contributed by atoms with Gasteiger partial charge >= 0.3 is 5.97 Å². The number of esters is 1. The van der Waals surface area contributed by atoms with Crippen LogP contribution in [-0.4, -0.2) is 11.1 Å². The first-order valence-electron chi connectivity index (χ1n) is 7.46. The normalized spacial score (nSPS) is 17.5. The van der Waals surface area contributed by atoms with Gasteiger partial charge in [0.15, 0.2) is 0 Å². The molecule has 0 radical (unpaired) electrons. The van der Waals surface area contributed by atoms with Gasteiger partial charge in [-0.25, -0.2) is 0 Å². The molecule has 116 valence electrons. The lowest BCUT2D eigenvalue weighted by Gasteiger charge is -2.20. The van der Waals surface area contributed by atoms with Crippen LogP contribution in [0.4, 0.5) is 0 Å². The number of hydrogen-bond donors (Lipinski definition) is 0. The highest BCUT2D eigenvalue weighted by Crippen LogP contribution is 2.39. The minimum atomic E-state index is -0.317. The first kappa shape index (κ1) is 16.6. The molecule has 0 aromatic heterocycles. The summed E-state index contributed by atoms with van der Waals surface area (Å²) in [4.78, 5) is 23.5. The minimum Gasteiger partial charge on any atom is -0.427 e. The van der Waals surface area contributed by atoms with Crippen molar-refractivity contribution in [1.29, 1.82) is 0 Å². The molecule has 0 aliphatic carbocycles. The standard InChI is InChI=1S/C18H20O3S/c1-4-15(16(5-2)17-10-11-18(20)22-17)13-6-8-14(9-7-13)21-12(3)19/h6-11,15H,4-5H2,1-3H3/b17-16-/t15-/m0/s1. The highest BCUT2D eigenvalue weighted by Gasteiger charge is 2.21. The summed E-state index contributed by atoms with van der Waals surface area (Å²) in [6.07, 6.45) is 5.42. The van der Waals surface area contributed by atoms with Crippen molar-refractivity contribution < 1.29 is 14.3 Å². The Morgan fingerprint density at radius 2 is 1.86 bits per heavy atom. The number of allylic oxidation sites excluding steroid dienone is 2. The van der Waals surface area contributed by atoms with Crippen LogP contribution in [0.1, 0.15) is 45.1 Å². The second kappa shape index (κ2) is 7.45. The molecule has 1 aromatic rings. The number of carbonyl (C=O) groups is 2. The molecular weight excluding hydrogens is 296 g/mol. The molecule has 3 nitrogen and oxygen atoms in total. The number of hydrogen-bond acceptors (Lipinski definition) is 4. The maximum Gasteiger partial charge on any atom is 0.308 e. The fourth-order valence-electron chi connectivity index (χ4n) is 2.70. The van der Waals surface area contributed by atoms with E-state index in [4.69, 9.17) is 4.74 Å². The summed E-state index contributed by atoms with van der Waals surface area (Å²) in [5.74, 6) is 0.513. The molecule has 22 heavy (non-hydrogen) atoms. The molecule has 0 saturated heterocycles. The van der Waals surface area contributed by atoms with Crippen LogP contribution < -0.4 is 4.74 Å². The second-order valence-corrected chi connectivity index (χ2v) is 6.17. The van der Waals surface area contributed by atoms with Crippen molar-refractivity contribution in [3.8, 4) is 5.75 Å². The Bertz CT molecular complexity index is 626. The van der Waals surface area contributed by atoms with E-state index >= 15 is 0 Å². The third-order valence-electron chi connectivity index (χ3n) is 3.65. The van der Waals surface area contributed by atoms with Gasteiger partial charge in [0.25, 0.3) is 0 Å².